The number of hydrogen-bond donors (Lipinski definition) is 2. The first-order valence-electron chi connectivity index (χ1n) is 4.89. The largest absolute Gasteiger partial charge is 0.330 e. The van der Waals surface area contributed by atoms with Crippen molar-refractivity contribution in [2.75, 3.05) is 19.6 Å². The van der Waals surface area contributed by atoms with Crippen molar-refractivity contribution in [2.24, 2.45) is 11.1 Å². The molecule has 90 valence electrons. The van der Waals surface area contributed by atoms with E-state index in [1.165, 1.54) is 4.31 Å². The predicted molar refractivity (Wildman–Crippen MR) is 63.2 cm³/mol. The number of nitrogens with two attached hydrogens (primary N) is 1. The molecule has 1 atom stereocenters. The van der Waals surface area contributed by atoms with Gasteiger partial charge < -0.3 is 5.73 Å². The zero-order chi connectivity index (χ0) is 12.1. The standard InChI is InChI=1S/C8H16F2N2S.C2H4/c1-7(2-3-11)4-8(9,10)6-12(13)5-7;1-2/h13H,2-6,11H2,1H3;1-2H2. The van der Waals surface area contributed by atoms with Crippen LogP contribution in [0, 0.1) is 5.41 Å². The van der Waals surface area contributed by atoms with E-state index in [1.807, 2.05) is 6.92 Å². The van der Waals surface area contributed by atoms with Gasteiger partial charge in [-0.1, -0.05) is 19.7 Å². The van der Waals surface area contributed by atoms with E-state index in [2.05, 4.69) is 26.0 Å². The topological polar surface area (TPSA) is 29.3 Å². The van der Waals surface area contributed by atoms with Crippen LogP contribution in [0.15, 0.2) is 13.2 Å². The molecule has 0 aromatic heterocycles. The average Bonchev–Trinajstić information content (AvgIpc) is 2.02. The highest BCUT2D eigenvalue weighted by Gasteiger charge is 2.45. The quantitative estimate of drug-likeness (QED) is 0.571. The van der Waals surface area contributed by atoms with E-state index in [0.717, 1.165) is 0 Å². The summed E-state index contributed by atoms with van der Waals surface area (Å²) in [5, 5.41) is 0. The number of halogens is 2. The summed E-state index contributed by atoms with van der Waals surface area (Å²) in [5.41, 5.74) is 5.00. The Morgan fingerprint density at radius 2 is 1.93 bits per heavy atom. The maximum Gasteiger partial charge on any atom is 0.262 e. The summed E-state index contributed by atoms with van der Waals surface area (Å²) in [4.78, 5) is 0. The highest BCUT2D eigenvalue weighted by molar-refractivity contribution is 7.77. The van der Waals surface area contributed by atoms with Crippen molar-refractivity contribution < 1.29 is 8.78 Å². The maximum atomic E-state index is 13.1. The van der Waals surface area contributed by atoms with Gasteiger partial charge in [0.1, 0.15) is 0 Å². The zero-order valence-electron chi connectivity index (χ0n) is 9.18. The normalized spacial score (nSPS) is 30.5. The molecule has 1 aliphatic rings. The third-order valence-electron chi connectivity index (χ3n) is 2.41. The van der Waals surface area contributed by atoms with E-state index in [0.29, 0.717) is 19.5 Å². The van der Waals surface area contributed by atoms with Crippen molar-refractivity contribution in [3.8, 4) is 0 Å². The number of hydrogen-bond acceptors (Lipinski definition) is 3. The number of rotatable bonds is 2. The summed E-state index contributed by atoms with van der Waals surface area (Å²) >= 11 is 3.99. The second-order valence-electron chi connectivity index (χ2n) is 4.20. The SMILES string of the molecule is C=C.CC1(CCN)CN(S)CC(F)(F)C1. The molecule has 0 aromatic rings. The summed E-state index contributed by atoms with van der Waals surface area (Å²) in [6, 6.07) is 0. The molecular weight excluding hydrogens is 218 g/mol. The molecule has 0 spiro atoms. The molecule has 15 heavy (non-hydrogen) atoms. The van der Waals surface area contributed by atoms with Gasteiger partial charge >= 0.3 is 0 Å². The summed E-state index contributed by atoms with van der Waals surface area (Å²) in [6.45, 7) is 8.63. The lowest BCUT2D eigenvalue weighted by Crippen LogP contribution is -2.48. The van der Waals surface area contributed by atoms with Gasteiger partial charge in [-0.25, -0.2) is 13.1 Å². The lowest BCUT2D eigenvalue weighted by Gasteiger charge is -2.42. The summed E-state index contributed by atoms with van der Waals surface area (Å²) < 4.78 is 27.7. The summed E-state index contributed by atoms with van der Waals surface area (Å²) in [5.74, 6) is -2.62. The smallest absolute Gasteiger partial charge is 0.262 e. The molecule has 1 aliphatic heterocycles. The monoisotopic (exact) mass is 238 g/mol. The van der Waals surface area contributed by atoms with Gasteiger partial charge in [-0.3, -0.25) is 0 Å². The van der Waals surface area contributed by atoms with E-state index in [9.17, 15) is 8.78 Å². The zero-order valence-corrected chi connectivity index (χ0v) is 10.1. The van der Waals surface area contributed by atoms with Crippen LogP contribution >= 0.6 is 12.8 Å². The molecule has 1 unspecified atom stereocenters. The minimum atomic E-state index is -2.62. The Kier molecular flexibility index (Phi) is 5.77. The average molecular weight is 238 g/mol. The van der Waals surface area contributed by atoms with Crippen LogP contribution in [-0.4, -0.2) is 29.9 Å². The molecule has 0 radical (unpaired) electrons. The van der Waals surface area contributed by atoms with E-state index in [4.69, 9.17) is 5.73 Å². The van der Waals surface area contributed by atoms with Gasteiger partial charge in [0, 0.05) is 13.0 Å². The second-order valence-corrected chi connectivity index (χ2v) is 4.77. The van der Waals surface area contributed by atoms with Gasteiger partial charge in [0.2, 0.25) is 0 Å². The third-order valence-corrected chi connectivity index (χ3v) is 2.69. The fourth-order valence-corrected chi connectivity index (χ4v) is 2.56. The fourth-order valence-electron chi connectivity index (χ4n) is 2.02. The van der Waals surface area contributed by atoms with Crippen molar-refractivity contribution in [3.63, 3.8) is 0 Å². The van der Waals surface area contributed by atoms with E-state index >= 15 is 0 Å². The molecule has 0 bridgehead atoms. The van der Waals surface area contributed by atoms with Gasteiger partial charge in [-0.2, -0.15) is 0 Å². The molecule has 1 heterocycles. The fraction of sp³-hybridized carbons (Fsp3) is 0.800. The molecule has 2 nitrogen and oxygen atoms in total. The van der Waals surface area contributed by atoms with Crippen LogP contribution in [0.5, 0.6) is 0 Å². The maximum absolute atomic E-state index is 13.1. The lowest BCUT2D eigenvalue weighted by molar-refractivity contribution is -0.0880. The van der Waals surface area contributed by atoms with Crippen LogP contribution in [0.3, 0.4) is 0 Å². The number of nitrogens with zero attached hydrogens (tertiary/aromatic N) is 1. The molecule has 0 amide bonds. The van der Waals surface area contributed by atoms with Crippen molar-refractivity contribution in [3.05, 3.63) is 13.2 Å². The Hall–Kier alpha value is -0.130. The molecule has 5 heteroatoms. The molecule has 0 aromatic carbocycles. The van der Waals surface area contributed by atoms with Crippen molar-refractivity contribution in [1.29, 1.82) is 0 Å². The van der Waals surface area contributed by atoms with E-state index < -0.39 is 11.3 Å². The molecule has 2 N–H and O–H groups in total. The van der Waals surface area contributed by atoms with Crippen LogP contribution < -0.4 is 5.73 Å². The van der Waals surface area contributed by atoms with Crippen molar-refractivity contribution >= 4 is 12.8 Å². The van der Waals surface area contributed by atoms with Crippen LogP contribution in [0.25, 0.3) is 0 Å². The van der Waals surface area contributed by atoms with Crippen LogP contribution in [-0.2, 0) is 0 Å². The minimum absolute atomic E-state index is 0.0751. The first kappa shape index (κ1) is 14.9. The predicted octanol–water partition coefficient (Wildman–Crippen LogP) is 2.33. The summed E-state index contributed by atoms with van der Waals surface area (Å²) in [7, 11) is 0. The van der Waals surface area contributed by atoms with Crippen LogP contribution in [0.4, 0.5) is 8.78 Å². The summed E-state index contributed by atoms with van der Waals surface area (Å²) in [6.07, 6.45) is 0.550. The number of piperidine rings is 1. The highest BCUT2D eigenvalue weighted by atomic mass is 32.1. The van der Waals surface area contributed by atoms with Crippen LogP contribution in [0.2, 0.25) is 0 Å². The molecular formula is C10H20F2N2S. The third kappa shape index (κ3) is 4.95. The highest BCUT2D eigenvalue weighted by Crippen LogP contribution is 2.40. The second kappa shape index (κ2) is 5.82. The minimum Gasteiger partial charge on any atom is -0.330 e. The van der Waals surface area contributed by atoms with Gasteiger partial charge in [0.25, 0.3) is 5.92 Å². The Labute approximate surface area is 96.1 Å². The van der Waals surface area contributed by atoms with Gasteiger partial charge in [0.15, 0.2) is 0 Å². The number of alkyl halides is 2. The van der Waals surface area contributed by atoms with Gasteiger partial charge in [0.05, 0.1) is 6.54 Å². The molecule has 1 saturated heterocycles. The van der Waals surface area contributed by atoms with Crippen LogP contribution in [0.1, 0.15) is 19.8 Å². The molecule has 1 rings (SSSR count). The van der Waals surface area contributed by atoms with Crippen molar-refractivity contribution in [2.45, 2.75) is 25.7 Å². The lowest BCUT2D eigenvalue weighted by atomic mass is 9.78. The van der Waals surface area contributed by atoms with Gasteiger partial charge in [-0.15, -0.1) is 13.2 Å². The molecule has 0 saturated carbocycles. The first-order valence-corrected chi connectivity index (χ1v) is 5.29. The molecule has 1 fully saturated rings. The Morgan fingerprint density at radius 1 is 1.40 bits per heavy atom. The van der Waals surface area contributed by atoms with E-state index in [1.54, 1.807) is 0 Å². The van der Waals surface area contributed by atoms with Crippen molar-refractivity contribution in [1.82, 2.24) is 4.31 Å². The Morgan fingerprint density at radius 3 is 2.33 bits per heavy atom. The Balaban J connectivity index is 0.000000921. The van der Waals surface area contributed by atoms with E-state index in [-0.39, 0.29) is 13.0 Å². The molecule has 0 aliphatic carbocycles. The first-order chi connectivity index (χ1) is 6.87. The number of thiol groups is 1. The Bertz CT molecular complexity index is 202. The van der Waals surface area contributed by atoms with Gasteiger partial charge in [-0.05, 0) is 18.4 Å².